The molecule has 0 bridgehead atoms. The van der Waals surface area contributed by atoms with E-state index in [-0.39, 0.29) is 17.8 Å². The van der Waals surface area contributed by atoms with Gasteiger partial charge in [0.15, 0.2) is 11.6 Å². The van der Waals surface area contributed by atoms with Gasteiger partial charge in [-0.2, -0.15) is 4.39 Å². The first-order valence-electron chi connectivity index (χ1n) is 9.48. The molecule has 2 atom stereocenters. The van der Waals surface area contributed by atoms with Gasteiger partial charge in [0, 0.05) is 0 Å². The fourth-order valence-electron chi connectivity index (χ4n) is 4.38. The van der Waals surface area contributed by atoms with Crippen molar-refractivity contribution < 1.29 is 18.3 Å². The molecule has 1 aliphatic heterocycles. The maximum absolute atomic E-state index is 14.4. The monoisotopic (exact) mass is 350 g/mol. The Morgan fingerprint density at radius 1 is 1.08 bits per heavy atom. The first-order chi connectivity index (χ1) is 12.1. The van der Waals surface area contributed by atoms with Gasteiger partial charge in [0.1, 0.15) is 0 Å². The molecule has 1 saturated carbocycles. The zero-order valence-corrected chi connectivity index (χ0v) is 15.0. The summed E-state index contributed by atoms with van der Waals surface area (Å²) in [6.07, 6.45) is 8.26. The maximum atomic E-state index is 14.4. The van der Waals surface area contributed by atoms with Crippen molar-refractivity contribution in [3.63, 3.8) is 0 Å². The van der Waals surface area contributed by atoms with Crippen molar-refractivity contribution in [2.45, 2.75) is 57.5 Å². The van der Waals surface area contributed by atoms with Gasteiger partial charge in [0.2, 0.25) is 5.82 Å². The van der Waals surface area contributed by atoms with Crippen molar-refractivity contribution in [1.82, 2.24) is 0 Å². The largest absolute Gasteiger partial charge is 0.491 e. The highest BCUT2D eigenvalue weighted by atomic mass is 19.2. The molecule has 1 aromatic carbocycles. The molecule has 0 spiro atoms. The Morgan fingerprint density at radius 3 is 2.40 bits per heavy atom. The van der Waals surface area contributed by atoms with Crippen molar-refractivity contribution >= 4 is 0 Å². The van der Waals surface area contributed by atoms with Crippen LogP contribution in [-0.2, 0) is 4.74 Å². The van der Waals surface area contributed by atoms with E-state index < -0.39 is 11.6 Å². The van der Waals surface area contributed by atoms with E-state index in [2.05, 4.69) is 6.58 Å². The summed E-state index contributed by atoms with van der Waals surface area (Å²) in [6.45, 7) is 6.70. The lowest BCUT2D eigenvalue weighted by Crippen LogP contribution is -2.31. The number of ether oxygens (including phenoxy) is 2. The first-order valence-corrected chi connectivity index (χ1v) is 9.48. The van der Waals surface area contributed by atoms with Gasteiger partial charge in [-0.05, 0) is 74.8 Å². The van der Waals surface area contributed by atoms with Crippen LogP contribution in [0.15, 0.2) is 24.8 Å². The van der Waals surface area contributed by atoms with Crippen LogP contribution in [0.4, 0.5) is 8.78 Å². The van der Waals surface area contributed by atoms with Crippen LogP contribution in [0, 0.1) is 23.5 Å². The molecule has 3 rings (SSSR count). The Kier molecular flexibility index (Phi) is 6.10. The molecule has 4 heteroatoms. The van der Waals surface area contributed by atoms with Gasteiger partial charge in [0.05, 0.1) is 19.3 Å². The SMILES string of the molecule is C=C[C@@H]1CC[C@@H](C2CCC(c3ccc(OCC)c(F)c3F)CC2)CO1. The highest BCUT2D eigenvalue weighted by Gasteiger charge is 2.32. The lowest BCUT2D eigenvalue weighted by molar-refractivity contribution is -0.0148. The second kappa shape index (κ2) is 8.31. The molecule has 1 heterocycles. The zero-order valence-electron chi connectivity index (χ0n) is 15.0. The van der Waals surface area contributed by atoms with Crippen molar-refractivity contribution in [3.05, 3.63) is 42.0 Å². The van der Waals surface area contributed by atoms with E-state index in [4.69, 9.17) is 9.47 Å². The van der Waals surface area contributed by atoms with Crippen LogP contribution in [0.5, 0.6) is 5.75 Å². The predicted molar refractivity (Wildman–Crippen MR) is 94.9 cm³/mol. The lowest BCUT2D eigenvalue weighted by atomic mass is 9.72. The fourth-order valence-corrected chi connectivity index (χ4v) is 4.38. The fraction of sp³-hybridized carbons (Fsp3) is 0.619. The minimum atomic E-state index is -0.849. The maximum Gasteiger partial charge on any atom is 0.200 e. The summed E-state index contributed by atoms with van der Waals surface area (Å²) >= 11 is 0. The third kappa shape index (κ3) is 4.05. The summed E-state index contributed by atoms with van der Waals surface area (Å²) in [4.78, 5) is 0. The Labute approximate surface area is 149 Å². The molecule has 1 aromatic rings. The minimum absolute atomic E-state index is 0.00793. The summed E-state index contributed by atoms with van der Waals surface area (Å²) in [7, 11) is 0. The van der Waals surface area contributed by atoms with Gasteiger partial charge < -0.3 is 9.47 Å². The molecule has 0 N–H and O–H groups in total. The topological polar surface area (TPSA) is 18.5 Å². The van der Waals surface area contributed by atoms with Crippen LogP contribution in [0.25, 0.3) is 0 Å². The van der Waals surface area contributed by atoms with E-state index in [0.29, 0.717) is 24.0 Å². The molecule has 0 unspecified atom stereocenters. The normalized spacial score (nSPS) is 30.0. The highest BCUT2D eigenvalue weighted by molar-refractivity contribution is 5.33. The number of hydrogen-bond acceptors (Lipinski definition) is 2. The molecule has 1 saturated heterocycles. The molecular formula is C21H28F2O2. The van der Waals surface area contributed by atoms with Crippen LogP contribution < -0.4 is 4.74 Å². The zero-order chi connectivity index (χ0) is 17.8. The van der Waals surface area contributed by atoms with E-state index in [1.54, 1.807) is 19.1 Å². The van der Waals surface area contributed by atoms with Crippen molar-refractivity contribution in [3.8, 4) is 5.75 Å². The summed E-state index contributed by atoms with van der Waals surface area (Å²) in [5, 5.41) is 0. The molecule has 1 aliphatic carbocycles. The third-order valence-corrected chi connectivity index (χ3v) is 5.86. The van der Waals surface area contributed by atoms with Gasteiger partial charge in [-0.3, -0.25) is 0 Å². The number of rotatable bonds is 5. The van der Waals surface area contributed by atoms with Crippen molar-refractivity contribution in [2.24, 2.45) is 11.8 Å². The van der Waals surface area contributed by atoms with E-state index in [9.17, 15) is 8.78 Å². The second-order valence-corrected chi connectivity index (χ2v) is 7.27. The minimum Gasteiger partial charge on any atom is -0.491 e. The molecule has 0 radical (unpaired) electrons. The van der Waals surface area contributed by atoms with Crippen LogP contribution in [0.2, 0.25) is 0 Å². The highest BCUT2D eigenvalue weighted by Crippen LogP contribution is 2.42. The van der Waals surface area contributed by atoms with Crippen LogP contribution in [0.1, 0.15) is 56.9 Å². The Balaban J connectivity index is 1.59. The number of halogens is 2. The Bertz CT molecular complexity index is 586. The molecule has 25 heavy (non-hydrogen) atoms. The van der Waals surface area contributed by atoms with Crippen molar-refractivity contribution in [2.75, 3.05) is 13.2 Å². The average molecular weight is 350 g/mol. The predicted octanol–water partition coefficient (Wildman–Crippen LogP) is 5.62. The molecular weight excluding hydrogens is 322 g/mol. The number of hydrogen-bond donors (Lipinski definition) is 0. The van der Waals surface area contributed by atoms with Gasteiger partial charge in [-0.15, -0.1) is 6.58 Å². The second-order valence-electron chi connectivity index (χ2n) is 7.27. The van der Waals surface area contributed by atoms with Crippen LogP contribution in [0.3, 0.4) is 0 Å². The summed E-state index contributed by atoms with van der Waals surface area (Å²) in [6, 6.07) is 3.26. The molecule has 2 nitrogen and oxygen atoms in total. The number of benzene rings is 1. The standard InChI is InChI=1S/C21H28F2O2/c1-3-17-10-9-16(13-25-17)14-5-7-15(8-6-14)18-11-12-19(24-4-2)21(23)20(18)22/h3,11-12,14-17H,1,4-10,13H2,2H3/t14?,15?,16-,17-/m1/s1. The molecule has 2 aliphatic rings. The van der Waals surface area contributed by atoms with Gasteiger partial charge in [-0.25, -0.2) is 4.39 Å². The molecule has 2 fully saturated rings. The van der Waals surface area contributed by atoms with E-state index >= 15 is 0 Å². The Morgan fingerprint density at radius 2 is 1.80 bits per heavy atom. The van der Waals surface area contributed by atoms with E-state index in [1.165, 1.54) is 6.42 Å². The van der Waals surface area contributed by atoms with Crippen LogP contribution in [-0.4, -0.2) is 19.3 Å². The van der Waals surface area contributed by atoms with Crippen molar-refractivity contribution in [1.29, 1.82) is 0 Å². The average Bonchev–Trinajstić information content (AvgIpc) is 2.66. The van der Waals surface area contributed by atoms with Gasteiger partial charge in [-0.1, -0.05) is 12.1 Å². The van der Waals surface area contributed by atoms with E-state index in [0.717, 1.165) is 38.7 Å². The van der Waals surface area contributed by atoms with Crippen LogP contribution >= 0.6 is 0 Å². The Hall–Kier alpha value is -1.42. The summed E-state index contributed by atoms with van der Waals surface area (Å²) in [5.74, 6) is -0.237. The molecule has 138 valence electrons. The lowest BCUT2D eigenvalue weighted by Gasteiger charge is -2.37. The smallest absolute Gasteiger partial charge is 0.200 e. The quantitative estimate of drug-likeness (QED) is 0.642. The van der Waals surface area contributed by atoms with Gasteiger partial charge in [0.25, 0.3) is 0 Å². The molecule has 0 aromatic heterocycles. The summed E-state index contributed by atoms with van der Waals surface area (Å²) < 4.78 is 39.5. The summed E-state index contributed by atoms with van der Waals surface area (Å²) in [5.41, 5.74) is 0.506. The third-order valence-electron chi connectivity index (χ3n) is 5.86. The first kappa shape index (κ1) is 18.4. The van der Waals surface area contributed by atoms with Gasteiger partial charge >= 0.3 is 0 Å². The van der Waals surface area contributed by atoms with E-state index in [1.807, 2.05) is 6.08 Å². The molecule has 0 amide bonds.